The molecule has 0 spiro atoms. The molecule has 6 nitrogen and oxygen atoms in total. The van der Waals surface area contributed by atoms with Crippen LogP contribution < -0.4 is 5.32 Å². The van der Waals surface area contributed by atoms with Crippen LogP contribution in [0.4, 0.5) is 5.69 Å². The maximum absolute atomic E-state index is 12.2. The van der Waals surface area contributed by atoms with E-state index in [2.05, 4.69) is 10.2 Å². The Balaban J connectivity index is 1.91. The number of amides is 2. The van der Waals surface area contributed by atoms with Crippen molar-refractivity contribution in [3.05, 3.63) is 29.3 Å². The smallest absolute Gasteiger partial charge is 0.313 e. The van der Waals surface area contributed by atoms with Crippen LogP contribution in [-0.4, -0.2) is 66.1 Å². The van der Waals surface area contributed by atoms with Crippen LogP contribution in [0.5, 0.6) is 0 Å². The van der Waals surface area contributed by atoms with Crippen molar-refractivity contribution >= 4 is 17.5 Å². The number of aryl methyl sites for hydroxylation is 2. The zero-order chi connectivity index (χ0) is 16.1. The number of aliphatic hydroxyl groups is 1. The number of nitrogens with zero attached hydrogens (tertiary/aromatic N) is 2. The van der Waals surface area contributed by atoms with Gasteiger partial charge in [0.15, 0.2) is 0 Å². The molecule has 1 aliphatic heterocycles. The lowest BCUT2D eigenvalue weighted by Gasteiger charge is -2.33. The Labute approximate surface area is 130 Å². The van der Waals surface area contributed by atoms with E-state index in [-0.39, 0.29) is 6.61 Å². The number of hydrogen-bond acceptors (Lipinski definition) is 4. The topological polar surface area (TPSA) is 72.9 Å². The number of nitrogens with one attached hydrogen (secondary N) is 1. The third-order valence-electron chi connectivity index (χ3n) is 3.75. The minimum atomic E-state index is -0.597. The van der Waals surface area contributed by atoms with Gasteiger partial charge in [0.25, 0.3) is 0 Å². The van der Waals surface area contributed by atoms with Gasteiger partial charge >= 0.3 is 11.8 Å². The van der Waals surface area contributed by atoms with Gasteiger partial charge in [0.05, 0.1) is 6.61 Å². The molecule has 0 bridgehead atoms. The van der Waals surface area contributed by atoms with Crippen LogP contribution >= 0.6 is 0 Å². The van der Waals surface area contributed by atoms with Gasteiger partial charge in [-0.25, -0.2) is 0 Å². The van der Waals surface area contributed by atoms with E-state index in [0.29, 0.717) is 38.4 Å². The molecule has 0 unspecified atom stereocenters. The molecule has 6 heteroatoms. The normalized spacial score (nSPS) is 15.7. The number of β-amino-alcohol motifs (C(OH)–C–C–N with tert-alkyl or cyclic N) is 1. The van der Waals surface area contributed by atoms with E-state index in [4.69, 9.17) is 5.11 Å². The number of benzene rings is 1. The molecule has 1 aromatic carbocycles. The highest BCUT2D eigenvalue weighted by Crippen LogP contribution is 2.14. The molecular formula is C16H23N3O3. The zero-order valence-corrected chi connectivity index (χ0v) is 13.1. The van der Waals surface area contributed by atoms with Crippen LogP contribution in [0.2, 0.25) is 0 Å². The molecule has 1 saturated heterocycles. The van der Waals surface area contributed by atoms with E-state index in [1.807, 2.05) is 32.0 Å². The maximum atomic E-state index is 12.2. The van der Waals surface area contributed by atoms with Gasteiger partial charge in [-0.1, -0.05) is 6.07 Å². The highest BCUT2D eigenvalue weighted by Gasteiger charge is 2.25. The second-order valence-corrected chi connectivity index (χ2v) is 5.69. The molecule has 0 radical (unpaired) electrons. The molecule has 1 fully saturated rings. The Kier molecular flexibility index (Phi) is 5.51. The molecule has 1 aromatic rings. The van der Waals surface area contributed by atoms with Gasteiger partial charge in [0.2, 0.25) is 0 Å². The Morgan fingerprint density at radius 1 is 1.09 bits per heavy atom. The van der Waals surface area contributed by atoms with E-state index in [1.54, 1.807) is 4.90 Å². The summed E-state index contributed by atoms with van der Waals surface area (Å²) in [7, 11) is 0. The number of anilines is 1. The van der Waals surface area contributed by atoms with Crippen molar-refractivity contribution in [2.75, 3.05) is 44.6 Å². The Hall–Kier alpha value is -1.92. The van der Waals surface area contributed by atoms with Crippen molar-refractivity contribution in [2.24, 2.45) is 0 Å². The highest BCUT2D eigenvalue weighted by atomic mass is 16.3. The zero-order valence-electron chi connectivity index (χ0n) is 13.1. The standard InChI is InChI=1S/C16H23N3O3/c1-12-9-13(2)11-14(10-12)17-15(21)16(22)19-5-3-18(4-6-19)7-8-20/h9-11,20H,3-8H2,1-2H3,(H,17,21). The first-order valence-electron chi connectivity index (χ1n) is 7.51. The Bertz CT molecular complexity index is 531. The van der Waals surface area contributed by atoms with Crippen LogP contribution in [0.3, 0.4) is 0 Å². The molecule has 0 atom stereocenters. The molecule has 0 aliphatic carbocycles. The van der Waals surface area contributed by atoms with Crippen molar-refractivity contribution in [3.63, 3.8) is 0 Å². The van der Waals surface area contributed by atoms with Crippen LogP contribution in [-0.2, 0) is 9.59 Å². The molecule has 120 valence electrons. The van der Waals surface area contributed by atoms with Crippen LogP contribution in [0, 0.1) is 13.8 Å². The minimum Gasteiger partial charge on any atom is -0.395 e. The lowest BCUT2D eigenvalue weighted by Crippen LogP contribution is -2.52. The van der Waals surface area contributed by atoms with Gasteiger partial charge in [0.1, 0.15) is 0 Å². The van der Waals surface area contributed by atoms with Gasteiger partial charge in [0, 0.05) is 38.4 Å². The molecule has 22 heavy (non-hydrogen) atoms. The molecular weight excluding hydrogens is 282 g/mol. The average molecular weight is 305 g/mol. The average Bonchev–Trinajstić information content (AvgIpc) is 2.46. The van der Waals surface area contributed by atoms with Gasteiger partial charge in [-0.3, -0.25) is 14.5 Å². The first-order chi connectivity index (χ1) is 10.5. The second-order valence-electron chi connectivity index (χ2n) is 5.69. The third-order valence-corrected chi connectivity index (χ3v) is 3.75. The van der Waals surface area contributed by atoms with Gasteiger partial charge in [-0.2, -0.15) is 0 Å². The summed E-state index contributed by atoms with van der Waals surface area (Å²) in [6.45, 7) is 7.01. The van der Waals surface area contributed by atoms with E-state index in [9.17, 15) is 9.59 Å². The number of rotatable bonds is 3. The lowest BCUT2D eigenvalue weighted by atomic mass is 10.1. The molecule has 0 saturated carbocycles. The first-order valence-corrected chi connectivity index (χ1v) is 7.51. The molecule has 2 N–H and O–H groups in total. The van der Waals surface area contributed by atoms with Crippen molar-refractivity contribution in [1.82, 2.24) is 9.80 Å². The van der Waals surface area contributed by atoms with Gasteiger partial charge < -0.3 is 15.3 Å². The van der Waals surface area contributed by atoms with Gasteiger partial charge in [-0.05, 0) is 37.1 Å². The molecule has 2 rings (SSSR count). The number of carbonyl (C=O) groups is 2. The van der Waals surface area contributed by atoms with Crippen molar-refractivity contribution in [3.8, 4) is 0 Å². The quantitative estimate of drug-likeness (QED) is 0.792. The summed E-state index contributed by atoms with van der Waals surface area (Å²) in [5.74, 6) is -1.09. The maximum Gasteiger partial charge on any atom is 0.313 e. The number of hydrogen-bond donors (Lipinski definition) is 2. The minimum absolute atomic E-state index is 0.112. The predicted molar refractivity (Wildman–Crippen MR) is 84.7 cm³/mol. The Morgan fingerprint density at radius 2 is 1.68 bits per heavy atom. The molecule has 0 aromatic heterocycles. The SMILES string of the molecule is Cc1cc(C)cc(NC(=O)C(=O)N2CCN(CCO)CC2)c1. The molecule has 1 aliphatic rings. The predicted octanol–water partition coefficient (Wildman–Crippen LogP) is 0.378. The number of aliphatic hydroxyl groups excluding tert-OH is 1. The second kappa shape index (κ2) is 7.38. The number of carbonyl (C=O) groups excluding carboxylic acids is 2. The summed E-state index contributed by atoms with van der Waals surface area (Å²) >= 11 is 0. The van der Waals surface area contributed by atoms with E-state index in [0.717, 1.165) is 11.1 Å². The van der Waals surface area contributed by atoms with Gasteiger partial charge in [-0.15, -0.1) is 0 Å². The summed E-state index contributed by atoms with van der Waals surface area (Å²) < 4.78 is 0. The fraction of sp³-hybridized carbons (Fsp3) is 0.500. The summed E-state index contributed by atoms with van der Waals surface area (Å²) in [6, 6.07) is 5.70. The fourth-order valence-corrected chi connectivity index (χ4v) is 2.69. The van der Waals surface area contributed by atoms with E-state index >= 15 is 0 Å². The van der Waals surface area contributed by atoms with E-state index < -0.39 is 11.8 Å². The van der Waals surface area contributed by atoms with E-state index in [1.165, 1.54) is 0 Å². The molecule has 1 heterocycles. The summed E-state index contributed by atoms with van der Waals surface area (Å²) in [4.78, 5) is 27.9. The molecule has 2 amide bonds. The van der Waals surface area contributed by atoms with Crippen LogP contribution in [0.15, 0.2) is 18.2 Å². The fourth-order valence-electron chi connectivity index (χ4n) is 2.69. The van der Waals surface area contributed by atoms with Crippen molar-refractivity contribution in [2.45, 2.75) is 13.8 Å². The largest absolute Gasteiger partial charge is 0.395 e. The highest BCUT2D eigenvalue weighted by molar-refractivity contribution is 6.39. The lowest BCUT2D eigenvalue weighted by molar-refractivity contribution is -0.144. The summed E-state index contributed by atoms with van der Waals surface area (Å²) in [5.41, 5.74) is 2.73. The summed E-state index contributed by atoms with van der Waals surface area (Å²) in [5, 5.41) is 11.6. The summed E-state index contributed by atoms with van der Waals surface area (Å²) in [6.07, 6.45) is 0. The first kappa shape index (κ1) is 16.5. The third kappa shape index (κ3) is 4.29. The van der Waals surface area contributed by atoms with Crippen molar-refractivity contribution < 1.29 is 14.7 Å². The Morgan fingerprint density at radius 3 is 2.23 bits per heavy atom. The van der Waals surface area contributed by atoms with Crippen LogP contribution in [0.25, 0.3) is 0 Å². The monoisotopic (exact) mass is 305 g/mol. The van der Waals surface area contributed by atoms with Crippen LogP contribution in [0.1, 0.15) is 11.1 Å². The number of piperazine rings is 1. The van der Waals surface area contributed by atoms with Crippen molar-refractivity contribution in [1.29, 1.82) is 0 Å².